The zero-order valence-corrected chi connectivity index (χ0v) is 12.4. The molecule has 0 aliphatic rings. The summed E-state index contributed by atoms with van der Waals surface area (Å²) in [4.78, 5) is 19.0. The number of hydrogen-bond acceptors (Lipinski definition) is 3. The van der Waals surface area contributed by atoms with Crippen LogP contribution < -0.4 is 5.56 Å². The Hall–Kier alpha value is -1.62. The van der Waals surface area contributed by atoms with Crippen molar-refractivity contribution < 1.29 is 0 Å². The maximum Gasteiger partial charge on any atom is 0.259 e. The summed E-state index contributed by atoms with van der Waals surface area (Å²) in [7, 11) is 0. The smallest absolute Gasteiger partial charge is 0.259 e. The largest absolute Gasteiger partial charge is 0.305 e. The summed E-state index contributed by atoms with van der Waals surface area (Å²) in [5, 5.41) is 5.24. The van der Waals surface area contributed by atoms with E-state index in [1.165, 1.54) is 0 Å². The number of H-pyrrole nitrogens is 1. The quantitative estimate of drug-likeness (QED) is 0.761. The number of aromatic amines is 1. The van der Waals surface area contributed by atoms with Gasteiger partial charge in [0, 0.05) is 5.02 Å². The third-order valence-corrected chi connectivity index (χ3v) is 3.95. The number of hydrogen-bond donors (Lipinski definition) is 1. The summed E-state index contributed by atoms with van der Waals surface area (Å²) in [6.45, 7) is 0. The first-order chi connectivity index (χ1) is 9.63. The van der Waals surface area contributed by atoms with Gasteiger partial charge < -0.3 is 4.98 Å². The van der Waals surface area contributed by atoms with Crippen LogP contribution in [0.4, 0.5) is 0 Å². The van der Waals surface area contributed by atoms with E-state index in [9.17, 15) is 4.79 Å². The van der Waals surface area contributed by atoms with Crippen LogP contribution in [0, 0.1) is 0 Å². The average Bonchev–Trinajstić information content (AvgIpc) is 2.92. The maximum absolute atomic E-state index is 12.0. The normalized spacial score (nSPS) is 12.0. The predicted molar refractivity (Wildman–Crippen MR) is 85.4 cm³/mol. The summed E-state index contributed by atoms with van der Waals surface area (Å²) < 4.78 is 0. The first-order valence-corrected chi connectivity index (χ1v) is 7.43. The summed E-state index contributed by atoms with van der Waals surface area (Å²) in [5.41, 5.74) is 1.27. The zero-order valence-electron chi connectivity index (χ0n) is 10.1. The van der Waals surface area contributed by atoms with Gasteiger partial charge in [0.15, 0.2) is 5.82 Å². The molecule has 1 aromatic carbocycles. The molecule has 0 unspecified atom stereocenters. The van der Waals surface area contributed by atoms with E-state index >= 15 is 0 Å². The summed E-state index contributed by atoms with van der Waals surface area (Å²) >= 11 is 13.7. The Labute approximate surface area is 128 Å². The minimum atomic E-state index is -0.260. The van der Waals surface area contributed by atoms with Gasteiger partial charge in [-0.15, -0.1) is 0 Å². The Kier molecular flexibility index (Phi) is 3.61. The second-order valence-corrected chi connectivity index (χ2v) is 5.75. The number of fused-ring (bicyclic) bond motifs is 1. The van der Waals surface area contributed by atoms with Crippen LogP contribution >= 0.6 is 34.5 Å². The number of thiophene rings is 1. The van der Waals surface area contributed by atoms with Crippen molar-refractivity contribution in [2.24, 2.45) is 0 Å². The third kappa shape index (κ3) is 2.63. The van der Waals surface area contributed by atoms with Crippen molar-refractivity contribution in [1.82, 2.24) is 9.97 Å². The molecule has 0 radical (unpaired) electrons. The Morgan fingerprint density at radius 3 is 2.95 bits per heavy atom. The van der Waals surface area contributed by atoms with E-state index in [0.29, 0.717) is 26.8 Å². The number of benzene rings is 1. The molecule has 0 saturated heterocycles. The Bertz CT molecular complexity index is 853. The molecule has 0 amide bonds. The van der Waals surface area contributed by atoms with Crippen LogP contribution in [0.5, 0.6) is 0 Å². The van der Waals surface area contributed by atoms with E-state index in [1.54, 1.807) is 35.6 Å². The molecule has 0 fully saturated rings. The lowest BCUT2D eigenvalue weighted by molar-refractivity contribution is 1.14. The number of aromatic nitrogens is 2. The first-order valence-electron chi connectivity index (χ1n) is 5.73. The van der Waals surface area contributed by atoms with Crippen LogP contribution in [0.2, 0.25) is 5.02 Å². The van der Waals surface area contributed by atoms with Gasteiger partial charge in [-0.3, -0.25) is 4.79 Å². The highest BCUT2D eigenvalue weighted by molar-refractivity contribution is 7.08. The molecule has 0 aliphatic carbocycles. The maximum atomic E-state index is 12.0. The Balaban J connectivity index is 2.13. The molecule has 0 aliphatic heterocycles. The molecule has 1 N–H and O–H groups in total. The fourth-order valence-electron chi connectivity index (χ4n) is 1.80. The Morgan fingerprint density at radius 1 is 1.35 bits per heavy atom. The number of halogens is 2. The van der Waals surface area contributed by atoms with Gasteiger partial charge in [0.05, 0.1) is 15.9 Å². The SMILES string of the molecule is O=c1[nH]c(/C(Cl)=C\c2ccsc2)nc2ccc(Cl)cc12. The van der Waals surface area contributed by atoms with Crippen LogP contribution in [0.25, 0.3) is 22.0 Å². The van der Waals surface area contributed by atoms with Crippen LogP contribution in [0.15, 0.2) is 39.8 Å². The molecular weight excluding hydrogens is 315 g/mol. The predicted octanol–water partition coefficient (Wildman–Crippen LogP) is 4.37. The lowest BCUT2D eigenvalue weighted by atomic mass is 10.2. The lowest BCUT2D eigenvalue weighted by Crippen LogP contribution is -2.10. The zero-order chi connectivity index (χ0) is 14.1. The van der Waals surface area contributed by atoms with E-state index in [1.807, 2.05) is 16.8 Å². The molecule has 0 saturated carbocycles. The van der Waals surface area contributed by atoms with E-state index in [2.05, 4.69) is 9.97 Å². The second kappa shape index (κ2) is 5.40. The van der Waals surface area contributed by atoms with Gasteiger partial charge in [0.1, 0.15) is 0 Å². The van der Waals surface area contributed by atoms with Gasteiger partial charge in [-0.25, -0.2) is 4.98 Å². The molecule has 3 rings (SSSR count). The topological polar surface area (TPSA) is 45.8 Å². The van der Waals surface area contributed by atoms with Crippen molar-refractivity contribution in [3.05, 3.63) is 61.8 Å². The molecule has 0 atom stereocenters. The van der Waals surface area contributed by atoms with E-state index in [4.69, 9.17) is 23.2 Å². The Morgan fingerprint density at radius 2 is 2.20 bits per heavy atom. The molecule has 0 bridgehead atoms. The first kappa shape index (κ1) is 13.4. The highest BCUT2D eigenvalue weighted by atomic mass is 35.5. The van der Waals surface area contributed by atoms with E-state index < -0.39 is 0 Å². The van der Waals surface area contributed by atoms with E-state index in [0.717, 1.165) is 5.56 Å². The standard InChI is InChI=1S/C14H8Cl2N2OS/c15-9-1-2-12-10(6-9)14(19)18-13(17-12)11(16)5-8-3-4-20-7-8/h1-7H,(H,17,18,19)/b11-5+. The summed E-state index contributed by atoms with van der Waals surface area (Å²) in [5.74, 6) is 0.345. The van der Waals surface area contributed by atoms with Gasteiger partial charge >= 0.3 is 0 Å². The highest BCUT2D eigenvalue weighted by Crippen LogP contribution is 2.21. The molecule has 100 valence electrons. The second-order valence-electron chi connectivity index (χ2n) is 4.12. The molecule has 2 heterocycles. The molecular formula is C14H8Cl2N2OS. The van der Waals surface area contributed by atoms with Gasteiger partial charge in [0.25, 0.3) is 5.56 Å². The van der Waals surface area contributed by atoms with Crippen LogP contribution in [-0.4, -0.2) is 9.97 Å². The van der Waals surface area contributed by atoms with Gasteiger partial charge in [-0.05, 0) is 46.7 Å². The number of nitrogens with one attached hydrogen (secondary N) is 1. The monoisotopic (exact) mass is 322 g/mol. The third-order valence-electron chi connectivity index (χ3n) is 2.73. The highest BCUT2D eigenvalue weighted by Gasteiger charge is 2.07. The molecule has 20 heavy (non-hydrogen) atoms. The fraction of sp³-hybridized carbons (Fsp3) is 0. The summed E-state index contributed by atoms with van der Waals surface area (Å²) in [6.07, 6.45) is 1.76. The van der Waals surface area contributed by atoms with Gasteiger partial charge in [0.2, 0.25) is 0 Å². The number of rotatable bonds is 2. The average molecular weight is 323 g/mol. The molecule has 3 aromatic rings. The molecule has 0 spiro atoms. The minimum absolute atomic E-state index is 0.260. The van der Waals surface area contributed by atoms with Crippen molar-refractivity contribution in [1.29, 1.82) is 0 Å². The molecule has 2 aromatic heterocycles. The molecule has 6 heteroatoms. The van der Waals surface area contributed by atoms with Crippen molar-refractivity contribution in [3.8, 4) is 0 Å². The van der Waals surface area contributed by atoms with Crippen molar-refractivity contribution in [2.75, 3.05) is 0 Å². The van der Waals surface area contributed by atoms with Crippen LogP contribution in [0.3, 0.4) is 0 Å². The number of nitrogens with zero attached hydrogens (tertiary/aromatic N) is 1. The lowest BCUT2D eigenvalue weighted by Gasteiger charge is -2.02. The molecule has 3 nitrogen and oxygen atoms in total. The van der Waals surface area contributed by atoms with Gasteiger partial charge in [-0.2, -0.15) is 11.3 Å². The minimum Gasteiger partial charge on any atom is -0.305 e. The fourth-order valence-corrected chi connectivity index (χ4v) is 2.80. The van der Waals surface area contributed by atoms with Gasteiger partial charge in [-0.1, -0.05) is 23.2 Å². The van der Waals surface area contributed by atoms with E-state index in [-0.39, 0.29) is 5.56 Å². The van der Waals surface area contributed by atoms with Crippen molar-refractivity contribution in [3.63, 3.8) is 0 Å². The van der Waals surface area contributed by atoms with Crippen molar-refractivity contribution in [2.45, 2.75) is 0 Å². The van der Waals surface area contributed by atoms with Crippen molar-refractivity contribution >= 4 is 56.5 Å². The summed E-state index contributed by atoms with van der Waals surface area (Å²) in [6, 6.07) is 6.91. The van der Waals surface area contributed by atoms with Crippen LogP contribution in [-0.2, 0) is 0 Å². The van der Waals surface area contributed by atoms with Crippen LogP contribution in [0.1, 0.15) is 11.4 Å².